The summed E-state index contributed by atoms with van der Waals surface area (Å²) in [5, 5.41) is 0.704. The highest BCUT2D eigenvalue weighted by atomic mass is 16.6. The molecule has 0 aliphatic carbocycles. The van der Waals surface area contributed by atoms with Crippen molar-refractivity contribution in [3.05, 3.63) is 52.9 Å². The minimum absolute atomic E-state index is 0.179. The van der Waals surface area contributed by atoms with Crippen molar-refractivity contribution in [3.63, 3.8) is 0 Å². The van der Waals surface area contributed by atoms with Crippen LogP contribution in [-0.2, 0) is 9.53 Å². The monoisotopic (exact) mass is 272 g/mol. The number of carbonyl (C=O) groups is 1. The molecule has 1 fully saturated rings. The van der Waals surface area contributed by atoms with E-state index in [1.807, 2.05) is 6.07 Å². The topological polar surface area (TPSA) is 65.7 Å². The average molecular weight is 272 g/mol. The normalized spacial score (nSPS) is 18.3. The molecule has 1 unspecified atom stereocenters. The Bertz CT molecular complexity index is 727. The van der Waals surface area contributed by atoms with Crippen molar-refractivity contribution in [2.24, 2.45) is 0 Å². The third-order valence-corrected chi connectivity index (χ3v) is 3.07. The van der Waals surface area contributed by atoms with Crippen molar-refractivity contribution in [2.75, 3.05) is 6.61 Å². The molecule has 0 N–H and O–H groups in total. The van der Waals surface area contributed by atoms with Gasteiger partial charge in [0.15, 0.2) is 0 Å². The zero-order valence-corrected chi connectivity index (χ0v) is 10.6. The molecule has 3 rings (SSSR count). The minimum Gasteiger partial charge on any atom is -0.489 e. The maximum atomic E-state index is 11.5. The zero-order valence-electron chi connectivity index (χ0n) is 10.6. The first-order chi connectivity index (χ1) is 9.63. The second kappa shape index (κ2) is 4.85. The van der Waals surface area contributed by atoms with Gasteiger partial charge in [-0.2, -0.15) is 0 Å². The van der Waals surface area contributed by atoms with Crippen LogP contribution in [-0.4, -0.2) is 18.7 Å². The number of ether oxygens (including phenoxy) is 2. The Hall–Kier alpha value is -2.56. The molecule has 5 nitrogen and oxygen atoms in total. The maximum Gasteiger partial charge on any atom is 0.339 e. The molecule has 102 valence electrons. The van der Waals surface area contributed by atoms with Gasteiger partial charge in [0, 0.05) is 12.0 Å². The van der Waals surface area contributed by atoms with E-state index in [-0.39, 0.29) is 12.7 Å². The number of fused-ring (bicyclic) bond motifs is 1. The lowest BCUT2D eigenvalue weighted by molar-refractivity contribution is -0.139. The molecule has 20 heavy (non-hydrogen) atoms. The third kappa shape index (κ3) is 2.30. The summed E-state index contributed by atoms with van der Waals surface area (Å²) in [6, 6.07) is 8.38. The Morgan fingerprint density at radius 1 is 1.30 bits per heavy atom. The largest absolute Gasteiger partial charge is 0.489 e. The van der Waals surface area contributed by atoms with Crippen molar-refractivity contribution in [3.8, 4) is 5.75 Å². The van der Waals surface area contributed by atoms with Gasteiger partial charge in [0.2, 0.25) is 0 Å². The number of para-hydroxylation sites is 1. The van der Waals surface area contributed by atoms with Crippen molar-refractivity contribution in [1.29, 1.82) is 0 Å². The first-order valence-corrected chi connectivity index (χ1v) is 6.18. The Morgan fingerprint density at radius 3 is 2.85 bits per heavy atom. The van der Waals surface area contributed by atoms with Gasteiger partial charge in [0.1, 0.15) is 24.0 Å². The number of rotatable bonds is 3. The predicted octanol–water partition coefficient (Wildman–Crippen LogP) is 2.04. The lowest BCUT2D eigenvalue weighted by atomic mass is 10.2. The van der Waals surface area contributed by atoms with Crippen LogP contribution in [0.4, 0.5) is 0 Å². The molecule has 1 aromatic carbocycles. The molecule has 1 aliphatic heterocycles. The molecule has 2 aromatic rings. The minimum atomic E-state index is -0.480. The van der Waals surface area contributed by atoms with Crippen LogP contribution >= 0.6 is 0 Å². The van der Waals surface area contributed by atoms with E-state index in [9.17, 15) is 9.59 Å². The lowest BCUT2D eigenvalue weighted by Crippen LogP contribution is -2.17. The summed E-state index contributed by atoms with van der Waals surface area (Å²) in [4.78, 5) is 22.7. The standard InChI is InChI=1S/C15H12O5/c1-9-6-10(19-15(9)17)8-18-13-7-14(16)20-12-5-3-2-4-11(12)13/h2-5,7,10H,1,6,8H2. The van der Waals surface area contributed by atoms with Gasteiger partial charge in [0.05, 0.1) is 11.5 Å². The summed E-state index contributed by atoms with van der Waals surface area (Å²) >= 11 is 0. The van der Waals surface area contributed by atoms with E-state index in [2.05, 4.69) is 6.58 Å². The van der Waals surface area contributed by atoms with Crippen LogP contribution in [0.25, 0.3) is 11.0 Å². The van der Waals surface area contributed by atoms with Crippen molar-refractivity contribution >= 4 is 16.9 Å². The van der Waals surface area contributed by atoms with Gasteiger partial charge in [-0.05, 0) is 12.1 Å². The van der Waals surface area contributed by atoms with E-state index < -0.39 is 11.6 Å². The van der Waals surface area contributed by atoms with Crippen LogP contribution in [0.3, 0.4) is 0 Å². The average Bonchev–Trinajstić information content (AvgIpc) is 2.75. The maximum absolute atomic E-state index is 11.5. The highest BCUT2D eigenvalue weighted by molar-refractivity contribution is 5.90. The summed E-state index contributed by atoms with van der Waals surface area (Å²) in [5.41, 5.74) is 0.422. The predicted molar refractivity (Wildman–Crippen MR) is 71.6 cm³/mol. The van der Waals surface area contributed by atoms with Crippen LogP contribution in [0, 0.1) is 0 Å². The molecular formula is C15H12O5. The SMILES string of the molecule is C=C1CC(COc2cc(=O)oc3ccccc23)OC1=O. The van der Waals surface area contributed by atoms with E-state index in [1.54, 1.807) is 18.2 Å². The summed E-state index contributed by atoms with van der Waals surface area (Å²) in [6.07, 6.45) is 0.0825. The number of carbonyl (C=O) groups excluding carboxylic acids is 1. The Kier molecular flexibility index (Phi) is 3.02. The molecule has 1 saturated heterocycles. The van der Waals surface area contributed by atoms with Gasteiger partial charge < -0.3 is 13.9 Å². The van der Waals surface area contributed by atoms with Gasteiger partial charge in [0.25, 0.3) is 0 Å². The van der Waals surface area contributed by atoms with E-state index in [0.717, 1.165) is 0 Å². The molecule has 2 heterocycles. The second-order valence-electron chi connectivity index (χ2n) is 4.57. The van der Waals surface area contributed by atoms with Crippen molar-refractivity contribution in [2.45, 2.75) is 12.5 Å². The summed E-state index contributed by atoms with van der Waals surface area (Å²) in [7, 11) is 0. The number of hydrogen-bond donors (Lipinski definition) is 0. The molecule has 1 atom stereocenters. The van der Waals surface area contributed by atoms with Crippen LogP contribution in [0.5, 0.6) is 5.75 Å². The van der Waals surface area contributed by atoms with Crippen LogP contribution in [0.2, 0.25) is 0 Å². The fourth-order valence-corrected chi connectivity index (χ4v) is 2.11. The molecule has 0 saturated carbocycles. The van der Waals surface area contributed by atoms with Gasteiger partial charge in [-0.3, -0.25) is 0 Å². The first kappa shape index (κ1) is 12.5. The van der Waals surface area contributed by atoms with E-state index in [4.69, 9.17) is 13.9 Å². The smallest absolute Gasteiger partial charge is 0.339 e. The number of hydrogen-bond acceptors (Lipinski definition) is 5. The molecule has 0 spiro atoms. The molecule has 0 bridgehead atoms. The van der Waals surface area contributed by atoms with Gasteiger partial charge in [-0.15, -0.1) is 0 Å². The van der Waals surface area contributed by atoms with Crippen molar-refractivity contribution in [1.82, 2.24) is 0 Å². The summed E-state index contributed by atoms with van der Waals surface area (Å²) in [5.74, 6) is 0.0291. The molecule has 1 aromatic heterocycles. The lowest BCUT2D eigenvalue weighted by Gasteiger charge is -2.11. The Morgan fingerprint density at radius 2 is 2.10 bits per heavy atom. The quantitative estimate of drug-likeness (QED) is 0.486. The fourth-order valence-electron chi connectivity index (χ4n) is 2.11. The Balaban J connectivity index is 1.83. The van der Waals surface area contributed by atoms with Gasteiger partial charge in [-0.1, -0.05) is 18.7 Å². The van der Waals surface area contributed by atoms with Crippen molar-refractivity contribution < 1.29 is 18.7 Å². The Labute approximate surface area is 114 Å². The van der Waals surface area contributed by atoms with Crippen LogP contribution < -0.4 is 10.4 Å². The zero-order chi connectivity index (χ0) is 14.1. The molecule has 0 radical (unpaired) electrons. The molecule has 5 heteroatoms. The first-order valence-electron chi connectivity index (χ1n) is 6.18. The number of esters is 1. The van der Waals surface area contributed by atoms with Gasteiger partial charge >= 0.3 is 11.6 Å². The molecular weight excluding hydrogens is 260 g/mol. The van der Waals surface area contributed by atoms with E-state index in [0.29, 0.717) is 28.7 Å². The third-order valence-electron chi connectivity index (χ3n) is 3.07. The fraction of sp³-hybridized carbons (Fsp3) is 0.200. The highest BCUT2D eigenvalue weighted by Crippen LogP contribution is 2.25. The van der Waals surface area contributed by atoms with Gasteiger partial charge in [-0.25, -0.2) is 9.59 Å². The second-order valence-corrected chi connectivity index (χ2v) is 4.57. The highest BCUT2D eigenvalue weighted by Gasteiger charge is 2.27. The van der Waals surface area contributed by atoms with E-state index >= 15 is 0 Å². The van der Waals surface area contributed by atoms with E-state index in [1.165, 1.54) is 6.07 Å². The number of benzene rings is 1. The summed E-state index contributed by atoms with van der Waals surface area (Å²) < 4.78 is 15.7. The van der Waals surface area contributed by atoms with Crippen LogP contribution in [0.15, 0.2) is 51.7 Å². The van der Waals surface area contributed by atoms with Crippen LogP contribution in [0.1, 0.15) is 6.42 Å². The molecule has 0 amide bonds. The molecule has 1 aliphatic rings. The summed E-state index contributed by atoms with van der Waals surface area (Å²) in [6.45, 7) is 3.79. The number of cyclic esters (lactones) is 1.